The molecule has 1 N–H and O–H groups in total. The zero-order valence-electron chi connectivity index (χ0n) is 11.5. The van der Waals surface area contributed by atoms with Gasteiger partial charge in [-0.15, -0.1) is 0 Å². The van der Waals surface area contributed by atoms with E-state index in [2.05, 4.69) is 5.32 Å². The Hall–Kier alpha value is -1.58. The van der Waals surface area contributed by atoms with Gasteiger partial charge in [-0.3, -0.25) is 0 Å². The zero-order chi connectivity index (χ0) is 14.5. The highest BCUT2D eigenvalue weighted by Gasteiger charge is 2.07. The molecule has 106 valence electrons. The molecule has 0 spiro atoms. The predicted octanol–water partition coefficient (Wildman–Crippen LogP) is 4.34. The standard InChI is InChI=1S/C16H17ClFNO/c1-11(12-4-7-15(20-2)8-5-12)19-10-13-3-6-14(17)9-16(13)18/h3-9,11,19H,10H2,1-2H3/t11-/m1/s1. The maximum absolute atomic E-state index is 13.7. The minimum Gasteiger partial charge on any atom is -0.497 e. The molecule has 0 saturated carbocycles. The minimum atomic E-state index is -0.285. The Morgan fingerprint density at radius 3 is 2.50 bits per heavy atom. The lowest BCUT2D eigenvalue weighted by molar-refractivity contribution is 0.414. The van der Waals surface area contributed by atoms with Crippen LogP contribution < -0.4 is 10.1 Å². The van der Waals surface area contributed by atoms with Crippen molar-refractivity contribution in [1.29, 1.82) is 0 Å². The van der Waals surface area contributed by atoms with E-state index in [4.69, 9.17) is 16.3 Å². The largest absolute Gasteiger partial charge is 0.497 e. The number of methoxy groups -OCH3 is 1. The van der Waals surface area contributed by atoms with Gasteiger partial charge in [0.1, 0.15) is 11.6 Å². The molecule has 2 nitrogen and oxygen atoms in total. The van der Waals surface area contributed by atoms with Crippen LogP contribution in [0.5, 0.6) is 5.75 Å². The third-order valence-electron chi connectivity index (χ3n) is 3.23. The van der Waals surface area contributed by atoms with Gasteiger partial charge in [0.15, 0.2) is 0 Å². The maximum Gasteiger partial charge on any atom is 0.129 e. The molecular weight excluding hydrogens is 277 g/mol. The normalized spacial score (nSPS) is 12.2. The molecule has 20 heavy (non-hydrogen) atoms. The van der Waals surface area contributed by atoms with Crippen molar-refractivity contribution in [3.05, 3.63) is 64.4 Å². The molecule has 0 saturated heterocycles. The first-order valence-electron chi connectivity index (χ1n) is 6.41. The Morgan fingerprint density at radius 2 is 1.90 bits per heavy atom. The lowest BCUT2D eigenvalue weighted by Gasteiger charge is -2.15. The highest BCUT2D eigenvalue weighted by atomic mass is 35.5. The van der Waals surface area contributed by atoms with Gasteiger partial charge < -0.3 is 10.1 Å². The Bertz CT molecular complexity index is 571. The Morgan fingerprint density at radius 1 is 1.20 bits per heavy atom. The van der Waals surface area contributed by atoms with Crippen LogP contribution in [-0.2, 0) is 6.54 Å². The first-order valence-corrected chi connectivity index (χ1v) is 6.79. The average Bonchev–Trinajstić information content (AvgIpc) is 2.46. The molecule has 1 atom stereocenters. The van der Waals surface area contributed by atoms with Crippen LogP contribution in [0.15, 0.2) is 42.5 Å². The second-order valence-electron chi connectivity index (χ2n) is 4.61. The molecule has 2 rings (SSSR count). The summed E-state index contributed by atoms with van der Waals surface area (Å²) in [6, 6.07) is 12.7. The molecule has 0 unspecified atom stereocenters. The number of benzene rings is 2. The van der Waals surface area contributed by atoms with Crippen LogP contribution in [0, 0.1) is 5.82 Å². The van der Waals surface area contributed by atoms with Gasteiger partial charge in [-0.1, -0.05) is 29.8 Å². The van der Waals surface area contributed by atoms with E-state index in [1.54, 1.807) is 19.2 Å². The average molecular weight is 294 g/mol. The highest BCUT2D eigenvalue weighted by Crippen LogP contribution is 2.19. The fourth-order valence-corrected chi connectivity index (χ4v) is 2.10. The third kappa shape index (κ3) is 3.71. The van der Waals surface area contributed by atoms with E-state index in [1.165, 1.54) is 6.07 Å². The molecule has 0 bridgehead atoms. The van der Waals surface area contributed by atoms with Gasteiger partial charge in [-0.2, -0.15) is 0 Å². The molecule has 4 heteroatoms. The lowest BCUT2D eigenvalue weighted by Crippen LogP contribution is -2.18. The Kier molecular flexibility index (Phi) is 4.99. The topological polar surface area (TPSA) is 21.3 Å². The Balaban J connectivity index is 1.98. The summed E-state index contributed by atoms with van der Waals surface area (Å²) in [5, 5.41) is 3.70. The molecule has 0 heterocycles. The van der Waals surface area contributed by atoms with Gasteiger partial charge in [0, 0.05) is 23.2 Å². The van der Waals surface area contributed by atoms with Crippen molar-refractivity contribution in [1.82, 2.24) is 5.32 Å². The number of rotatable bonds is 5. The maximum atomic E-state index is 13.7. The van der Waals surface area contributed by atoms with Crippen molar-refractivity contribution in [2.45, 2.75) is 19.5 Å². The second kappa shape index (κ2) is 6.73. The van der Waals surface area contributed by atoms with E-state index in [-0.39, 0.29) is 11.9 Å². The van der Waals surface area contributed by atoms with Crippen LogP contribution in [0.1, 0.15) is 24.1 Å². The Labute approximate surface area is 123 Å². The summed E-state index contributed by atoms with van der Waals surface area (Å²) in [5.74, 6) is 0.539. The summed E-state index contributed by atoms with van der Waals surface area (Å²) >= 11 is 5.73. The SMILES string of the molecule is COc1ccc([C@@H](C)NCc2ccc(Cl)cc2F)cc1. The lowest BCUT2D eigenvalue weighted by atomic mass is 10.1. The highest BCUT2D eigenvalue weighted by molar-refractivity contribution is 6.30. The van der Waals surface area contributed by atoms with Crippen LogP contribution >= 0.6 is 11.6 Å². The molecule has 0 aliphatic carbocycles. The molecule has 0 radical (unpaired) electrons. The monoisotopic (exact) mass is 293 g/mol. The van der Waals surface area contributed by atoms with Crippen molar-refractivity contribution in [3.63, 3.8) is 0 Å². The number of hydrogen-bond donors (Lipinski definition) is 1. The van der Waals surface area contributed by atoms with Crippen molar-refractivity contribution < 1.29 is 9.13 Å². The number of halogens is 2. The van der Waals surface area contributed by atoms with Crippen molar-refractivity contribution >= 4 is 11.6 Å². The summed E-state index contributed by atoms with van der Waals surface area (Å²) in [6.07, 6.45) is 0. The molecule has 0 amide bonds. The smallest absolute Gasteiger partial charge is 0.129 e. The summed E-state index contributed by atoms with van der Waals surface area (Å²) in [6.45, 7) is 2.49. The first kappa shape index (κ1) is 14.8. The third-order valence-corrected chi connectivity index (χ3v) is 3.46. The first-order chi connectivity index (χ1) is 9.60. The van der Waals surface area contributed by atoms with Gasteiger partial charge >= 0.3 is 0 Å². The molecule has 0 fully saturated rings. The quantitative estimate of drug-likeness (QED) is 0.885. The van der Waals surface area contributed by atoms with Gasteiger partial charge in [0.25, 0.3) is 0 Å². The summed E-state index contributed by atoms with van der Waals surface area (Å²) < 4.78 is 18.8. The fraction of sp³-hybridized carbons (Fsp3) is 0.250. The van der Waals surface area contributed by atoms with Crippen molar-refractivity contribution in [2.24, 2.45) is 0 Å². The molecule has 2 aromatic carbocycles. The molecule has 0 aromatic heterocycles. The summed E-state index contributed by atoms with van der Waals surface area (Å²) in [7, 11) is 1.64. The van der Waals surface area contributed by atoms with Crippen LogP contribution in [-0.4, -0.2) is 7.11 Å². The van der Waals surface area contributed by atoms with Gasteiger partial charge in [-0.25, -0.2) is 4.39 Å². The molecular formula is C16H17ClFNO. The number of hydrogen-bond acceptors (Lipinski definition) is 2. The molecule has 0 aliphatic heterocycles. The summed E-state index contributed by atoms with van der Waals surface area (Å²) in [5.41, 5.74) is 1.73. The predicted molar refractivity (Wildman–Crippen MR) is 79.7 cm³/mol. The zero-order valence-corrected chi connectivity index (χ0v) is 12.2. The molecule has 0 aliphatic rings. The van der Waals surface area contributed by atoms with Crippen LogP contribution in [0.3, 0.4) is 0 Å². The van der Waals surface area contributed by atoms with E-state index in [0.29, 0.717) is 17.1 Å². The second-order valence-corrected chi connectivity index (χ2v) is 5.05. The van der Waals surface area contributed by atoms with Gasteiger partial charge in [-0.05, 0) is 36.8 Å². The van der Waals surface area contributed by atoms with Gasteiger partial charge in [0.2, 0.25) is 0 Å². The summed E-state index contributed by atoms with van der Waals surface area (Å²) in [4.78, 5) is 0. The van der Waals surface area contributed by atoms with Crippen LogP contribution in [0.2, 0.25) is 5.02 Å². The number of nitrogens with one attached hydrogen (secondary N) is 1. The number of ether oxygens (including phenoxy) is 1. The van der Waals surface area contributed by atoms with Crippen LogP contribution in [0.25, 0.3) is 0 Å². The van der Waals surface area contributed by atoms with E-state index < -0.39 is 0 Å². The van der Waals surface area contributed by atoms with E-state index in [1.807, 2.05) is 31.2 Å². The van der Waals surface area contributed by atoms with E-state index in [9.17, 15) is 4.39 Å². The minimum absolute atomic E-state index is 0.121. The van der Waals surface area contributed by atoms with Crippen molar-refractivity contribution in [2.75, 3.05) is 7.11 Å². The van der Waals surface area contributed by atoms with E-state index >= 15 is 0 Å². The van der Waals surface area contributed by atoms with E-state index in [0.717, 1.165) is 11.3 Å². The molecule has 2 aromatic rings. The van der Waals surface area contributed by atoms with Crippen LogP contribution in [0.4, 0.5) is 4.39 Å². The van der Waals surface area contributed by atoms with Crippen molar-refractivity contribution in [3.8, 4) is 5.75 Å². The fourth-order valence-electron chi connectivity index (χ4n) is 1.94. The van der Waals surface area contributed by atoms with Gasteiger partial charge in [0.05, 0.1) is 7.11 Å².